The lowest BCUT2D eigenvalue weighted by Crippen LogP contribution is -2.66. The average molecular weight is 552 g/mol. The maximum atomic E-state index is 13.5. The Kier molecular flexibility index (Phi) is 9.40. The van der Waals surface area contributed by atoms with Crippen LogP contribution in [0.2, 0.25) is 0 Å². The number of hydrogen-bond donors (Lipinski definition) is 0. The smallest absolute Gasteiger partial charge is 0.303 e. The third-order valence-electron chi connectivity index (χ3n) is 5.14. The highest BCUT2D eigenvalue weighted by atomic mass is 32.2. The maximum absolute atomic E-state index is 13.5. The van der Waals surface area contributed by atoms with Gasteiger partial charge in [-0.15, -0.1) is 0 Å². The van der Waals surface area contributed by atoms with Crippen molar-refractivity contribution in [3.8, 4) is 0 Å². The molecule has 0 bridgehead atoms. The van der Waals surface area contributed by atoms with E-state index in [4.69, 9.17) is 35.9 Å². The molecule has 0 radical (unpaired) electrons. The van der Waals surface area contributed by atoms with Crippen LogP contribution < -0.4 is 0 Å². The minimum absolute atomic E-state index is 0.0908. The molecule has 0 unspecified atom stereocenters. The van der Waals surface area contributed by atoms with Crippen LogP contribution in [-0.2, 0) is 47.7 Å². The van der Waals surface area contributed by atoms with Crippen molar-refractivity contribution in [2.45, 2.75) is 58.3 Å². The SMILES string of the molecule is CC(=O)OC[C@H]1O[C@@H](N2C(=O)/C(=C\c3ccccc3)SC2=S)[C@@H](OC(C)=O)[C@@H](OC(C)=O)[C@@H]1OC(C)=O. The van der Waals surface area contributed by atoms with E-state index in [0.717, 1.165) is 43.0 Å². The van der Waals surface area contributed by atoms with Crippen LogP contribution in [0.3, 0.4) is 0 Å². The zero-order valence-corrected chi connectivity index (χ0v) is 22.0. The topological polar surface area (TPSA) is 135 Å². The fourth-order valence-corrected chi connectivity index (χ4v) is 5.12. The van der Waals surface area contributed by atoms with Gasteiger partial charge in [0.1, 0.15) is 12.7 Å². The van der Waals surface area contributed by atoms with E-state index in [0.29, 0.717) is 0 Å². The Morgan fingerprint density at radius 3 is 2.05 bits per heavy atom. The van der Waals surface area contributed by atoms with Crippen LogP contribution in [0.4, 0.5) is 0 Å². The number of rotatable bonds is 7. The number of esters is 4. The van der Waals surface area contributed by atoms with E-state index in [1.54, 1.807) is 18.2 Å². The van der Waals surface area contributed by atoms with Crippen LogP contribution in [0.5, 0.6) is 0 Å². The second kappa shape index (κ2) is 12.3. The van der Waals surface area contributed by atoms with Crippen LogP contribution in [0, 0.1) is 0 Å². The van der Waals surface area contributed by atoms with Gasteiger partial charge in [-0.3, -0.25) is 28.9 Å². The molecule has 2 heterocycles. The monoisotopic (exact) mass is 551 g/mol. The Balaban J connectivity index is 2.05. The highest BCUT2D eigenvalue weighted by Crippen LogP contribution is 2.39. The summed E-state index contributed by atoms with van der Waals surface area (Å²) in [6.45, 7) is 4.11. The predicted octanol–water partition coefficient (Wildman–Crippen LogP) is 1.97. The number of benzene rings is 1. The first-order valence-corrected chi connectivity index (χ1v) is 12.3. The van der Waals surface area contributed by atoms with Gasteiger partial charge >= 0.3 is 23.9 Å². The average Bonchev–Trinajstić information content (AvgIpc) is 3.07. The lowest BCUT2D eigenvalue weighted by molar-refractivity contribution is -0.268. The van der Waals surface area contributed by atoms with Gasteiger partial charge in [0, 0.05) is 27.7 Å². The molecule has 3 rings (SSSR count). The molecule has 0 saturated carbocycles. The van der Waals surface area contributed by atoms with E-state index in [2.05, 4.69) is 0 Å². The molecule has 2 aliphatic heterocycles. The molecular formula is C24H25NO10S2. The molecule has 5 atom stereocenters. The van der Waals surface area contributed by atoms with Gasteiger partial charge in [0.05, 0.1) is 4.91 Å². The molecule has 13 heteroatoms. The standard InChI is InChI=1S/C24H25NO10S2/c1-12(26)31-11-17-19(32-13(2)27)20(33-14(3)28)21(34-15(4)29)23(35-17)25-22(30)18(37-24(25)36)10-16-8-6-5-7-9-16/h5-10,17,19-21,23H,11H2,1-4H3/b18-10+/t17-,19-,20+,21+,23-/m1/s1. The van der Waals surface area contributed by atoms with Gasteiger partial charge < -0.3 is 23.7 Å². The van der Waals surface area contributed by atoms with Crippen LogP contribution in [0.15, 0.2) is 35.2 Å². The second-order valence-corrected chi connectivity index (χ2v) is 9.73. The first kappa shape index (κ1) is 28.3. The van der Waals surface area contributed by atoms with Crippen molar-refractivity contribution >= 4 is 64.2 Å². The van der Waals surface area contributed by atoms with Crippen molar-refractivity contribution in [1.82, 2.24) is 4.90 Å². The molecule has 1 aromatic carbocycles. The Hall–Kier alpha value is -3.29. The minimum atomic E-state index is -1.43. The number of nitrogens with zero attached hydrogens (tertiary/aromatic N) is 1. The number of hydrogen-bond acceptors (Lipinski definition) is 12. The van der Waals surface area contributed by atoms with Crippen LogP contribution in [-0.4, -0.2) is 76.3 Å². The highest BCUT2D eigenvalue weighted by Gasteiger charge is 2.56. The third kappa shape index (κ3) is 7.14. The summed E-state index contributed by atoms with van der Waals surface area (Å²) < 4.78 is 27.4. The van der Waals surface area contributed by atoms with Crippen molar-refractivity contribution in [3.05, 3.63) is 40.8 Å². The van der Waals surface area contributed by atoms with Gasteiger partial charge in [-0.2, -0.15) is 0 Å². The van der Waals surface area contributed by atoms with Gasteiger partial charge in [-0.1, -0.05) is 54.3 Å². The minimum Gasteiger partial charge on any atom is -0.463 e. The number of carbonyl (C=O) groups is 5. The fraction of sp³-hybridized carbons (Fsp3) is 0.417. The molecule has 198 valence electrons. The fourth-order valence-electron chi connectivity index (χ4n) is 3.81. The molecule has 0 aliphatic carbocycles. The molecule has 37 heavy (non-hydrogen) atoms. The van der Waals surface area contributed by atoms with E-state index in [-0.39, 0.29) is 9.23 Å². The van der Waals surface area contributed by atoms with Gasteiger partial charge in [0.25, 0.3) is 5.91 Å². The molecule has 0 spiro atoms. The molecule has 2 aliphatic rings. The lowest BCUT2D eigenvalue weighted by Gasteiger charge is -2.46. The van der Waals surface area contributed by atoms with Gasteiger partial charge in [0.2, 0.25) is 0 Å². The van der Waals surface area contributed by atoms with E-state index in [9.17, 15) is 24.0 Å². The normalized spacial score (nSPS) is 26.5. The molecule has 0 N–H and O–H groups in total. The van der Waals surface area contributed by atoms with Crippen LogP contribution >= 0.6 is 24.0 Å². The van der Waals surface area contributed by atoms with Crippen LogP contribution in [0.25, 0.3) is 6.08 Å². The van der Waals surface area contributed by atoms with E-state index in [1.165, 1.54) is 6.92 Å². The summed E-state index contributed by atoms with van der Waals surface area (Å²) in [5, 5.41) is 0. The number of thioether (sulfide) groups is 1. The first-order valence-electron chi connectivity index (χ1n) is 11.1. The Labute approximate surface area is 222 Å². The van der Waals surface area contributed by atoms with E-state index < -0.39 is 67.0 Å². The first-order chi connectivity index (χ1) is 17.5. The van der Waals surface area contributed by atoms with Crippen molar-refractivity contribution in [2.75, 3.05) is 6.61 Å². The second-order valence-electron chi connectivity index (χ2n) is 8.05. The predicted molar refractivity (Wildman–Crippen MR) is 133 cm³/mol. The lowest BCUT2D eigenvalue weighted by atomic mass is 9.96. The summed E-state index contributed by atoms with van der Waals surface area (Å²) in [4.78, 5) is 62.3. The maximum Gasteiger partial charge on any atom is 0.303 e. The molecule has 1 aromatic rings. The molecule has 2 fully saturated rings. The third-order valence-corrected chi connectivity index (χ3v) is 6.47. The molecule has 2 saturated heterocycles. The Morgan fingerprint density at radius 1 is 0.919 bits per heavy atom. The van der Waals surface area contributed by atoms with Gasteiger partial charge in [-0.05, 0) is 11.6 Å². The Bertz CT molecular complexity index is 1120. The van der Waals surface area contributed by atoms with Crippen molar-refractivity contribution in [1.29, 1.82) is 0 Å². The zero-order chi connectivity index (χ0) is 27.3. The summed E-state index contributed by atoms with van der Waals surface area (Å²) in [6, 6.07) is 9.07. The van der Waals surface area contributed by atoms with E-state index >= 15 is 0 Å². The number of amides is 1. The van der Waals surface area contributed by atoms with Crippen molar-refractivity contribution in [2.24, 2.45) is 0 Å². The number of ether oxygens (including phenoxy) is 5. The van der Waals surface area contributed by atoms with Crippen LogP contribution in [0.1, 0.15) is 33.3 Å². The van der Waals surface area contributed by atoms with Gasteiger partial charge in [0.15, 0.2) is 28.9 Å². The molecular weight excluding hydrogens is 526 g/mol. The van der Waals surface area contributed by atoms with Crippen molar-refractivity contribution in [3.63, 3.8) is 0 Å². The summed E-state index contributed by atoms with van der Waals surface area (Å²) in [5.41, 5.74) is 0.754. The van der Waals surface area contributed by atoms with Crippen molar-refractivity contribution < 1.29 is 47.7 Å². The zero-order valence-electron chi connectivity index (χ0n) is 20.4. The highest BCUT2D eigenvalue weighted by molar-refractivity contribution is 8.26. The number of thiocarbonyl (C=S) groups is 1. The number of carbonyl (C=O) groups excluding carboxylic acids is 5. The summed E-state index contributed by atoms with van der Waals surface area (Å²) in [5.74, 6) is -3.50. The largest absolute Gasteiger partial charge is 0.463 e. The Morgan fingerprint density at radius 2 is 1.49 bits per heavy atom. The summed E-state index contributed by atoms with van der Waals surface area (Å²) in [6.07, 6.45) is -5.12. The van der Waals surface area contributed by atoms with E-state index in [1.807, 2.05) is 18.2 Å². The summed E-state index contributed by atoms with van der Waals surface area (Å²) >= 11 is 6.46. The quantitative estimate of drug-likeness (QED) is 0.212. The molecule has 11 nitrogen and oxygen atoms in total. The summed E-state index contributed by atoms with van der Waals surface area (Å²) in [7, 11) is 0. The molecule has 0 aromatic heterocycles. The van der Waals surface area contributed by atoms with Gasteiger partial charge in [-0.25, -0.2) is 0 Å². The molecule has 1 amide bonds.